The minimum atomic E-state index is -0.835. The van der Waals surface area contributed by atoms with Crippen molar-refractivity contribution >= 4 is 5.91 Å². The maximum absolute atomic E-state index is 12.2. The third kappa shape index (κ3) is 37.1. The van der Waals surface area contributed by atoms with Crippen LogP contribution in [0.25, 0.3) is 0 Å². The molecule has 0 heterocycles. The van der Waals surface area contributed by atoms with Crippen molar-refractivity contribution in [2.75, 3.05) is 6.61 Å². The molecule has 0 aliphatic heterocycles. The van der Waals surface area contributed by atoms with Crippen LogP contribution in [0.1, 0.15) is 194 Å². The van der Waals surface area contributed by atoms with E-state index in [1.807, 2.05) is 6.08 Å². The summed E-state index contributed by atoms with van der Waals surface area (Å²) in [5.41, 5.74) is 0. The normalized spacial score (nSPS) is 13.8. The maximum Gasteiger partial charge on any atom is 0.220 e. The molecule has 2 atom stereocenters. The van der Waals surface area contributed by atoms with E-state index in [1.165, 1.54) is 116 Å². The quantitative estimate of drug-likeness (QED) is 0.0447. The van der Waals surface area contributed by atoms with Gasteiger partial charge in [-0.05, 0) is 57.8 Å². The van der Waals surface area contributed by atoms with Crippen molar-refractivity contribution < 1.29 is 15.0 Å². The molecule has 0 radical (unpaired) electrons. The number of aliphatic hydroxyl groups is 2. The molecule has 0 rings (SSSR count). The standard InChI is InChI=1S/C46H81NO3/c1-3-5-7-8-9-10-11-12-13-14-15-16-17-18-19-20-21-22-23-24-25-26-27-28-29-30-31-32-33-34-35-36-37-38-40-42-46(50)47-44(43-48)45(49)41-39-6-4-2/h5,7,9-10,12-13,15-16,18-19,39,41,44-45,48-49H,3-4,6,8,11,14,17,20-38,40,42-43H2,1-2H3,(H,47,50)/b7-5-,10-9-,13-12-,16-15-,19-18-,41-39+. The third-order valence-electron chi connectivity index (χ3n) is 9.18. The SMILES string of the molecule is CC/C=C\C/C=C\C/C=C\C/C=C\C/C=C\CCCCCCCCCCCCCCCCCCCCCC(=O)NC(CO)C(O)/C=C/CCC. The van der Waals surface area contributed by atoms with E-state index >= 15 is 0 Å². The number of carbonyl (C=O) groups excluding carboxylic acids is 1. The Kier molecular flexibility index (Phi) is 39.5. The summed E-state index contributed by atoms with van der Waals surface area (Å²) in [4.78, 5) is 12.2. The van der Waals surface area contributed by atoms with E-state index in [0.29, 0.717) is 6.42 Å². The van der Waals surface area contributed by atoms with Gasteiger partial charge in [-0.2, -0.15) is 0 Å². The summed E-state index contributed by atoms with van der Waals surface area (Å²) in [5.74, 6) is -0.0774. The lowest BCUT2D eigenvalue weighted by atomic mass is 10.0. The van der Waals surface area contributed by atoms with Crippen LogP contribution >= 0.6 is 0 Å². The first kappa shape index (κ1) is 47.8. The summed E-state index contributed by atoms with van der Waals surface area (Å²) in [7, 11) is 0. The Labute approximate surface area is 310 Å². The molecular weight excluding hydrogens is 615 g/mol. The van der Waals surface area contributed by atoms with Gasteiger partial charge in [-0.3, -0.25) is 4.79 Å². The predicted molar refractivity (Wildman–Crippen MR) is 220 cm³/mol. The summed E-state index contributed by atoms with van der Waals surface area (Å²) in [5, 5.41) is 22.4. The lowest BCUT2D eigenvalue weighted by Crippen LogP contribution is -2.45. The van der Waals surface area contributed by atoms with Crippen LogP contribution in [0, 0.1) is 0 Å². The topological polar surface area (TPSA) is 69.6 Å². The molecule has 0 aliphatic carbocycles. The van der Waals surface area contributed by atoms with Gasteiger partial charge in [0.25, 0.3) is 0 Å². The predicted octanol–water partition coefficient (Wildman–Crippen LogP) is 13.1. The van der Waals surface area contributed by atoms with E-state index in [4.69, 9.17) is 0 Å². The molecule has 0 bridgehead atoms. The Morgan fingerprint density at radius 1 is 0.500 bits per heavy atom. The highest BCUT2D eigenvalue weighted by Gasteiger charge is 2.17. The molecule has 0 aliphatic rings. The molecule has 0 aromatic rings. The minimum Gasteiger partial charge on any atom is -0.394 e. The van der Waals surface area contributed by atoms with Gasteiger partial charge in [0.2, 0.25) is 5.91 Å². The van der Waals surface area contributed by atoms with Crippen LogP contribution in [0.5, 0.6) is 0 Å². The van der Waals surface area contributed by atoms with Gasteiger partial charge in [0.15, 0.2) is 0 Å². The van der Waals surface area contributed by atoms with E-state index < -0.39 is 12.1 Å². The molecule has 288 valence electrons. The number of unbranched alkanes of at least 4 members (excludes halogenated alkanes) is 20. The van der Waals surface area contributed by atoms with E-state index in [1.54, 1.807) is 6.08 Å². The van der Waals surface area contributed by atoms with E-state index in [0.717, 1.165) is 57.8 Å². The van der Waals surface area contributed by atoms with Crippen LogP contribution in [0.3, 0.4) is 0 Å². The number of rotatable bonds is 37. The number of hydrogen-bond acceptors (Lipinski definition) is 3. The highest BCUT2D eigenvalue weighted by Crippen LogP contribution is 2.15. The molecule has 4 nitrogen and oxygen atoms in total. The number of carbonyl (C=O) groups is 1. The number of hydrogen-bond donors (Lipinski definition) is 3. The first-order chi connectivity index (χ1) is 24.7. The highest BCUT2D eigenvalue weighted by atomic mass is 16.3. The number of allylic oxidation sites excluding steroid dienone is 11. The molecule has 0 spiro atoms. The highest BCUT2D eigenvalue weighted by molar-refractivity contribution is 5.76. The number of amides is 1. The Morgan fingerprint density at radius 3 is 1.28 bits per heavy atom. The largest absolute Gasteiger partial charge is 0.394 e. The van der Waals surface area contributed by atoms with Crippen molar-refractivity contribution in [2.45, 2.75) is 206 Å². The lowest BCUT2D eigenvalue weighted by molar-refractivity contribution is -0.123. The minimum absolute atomic E-state index is 0.0774. The Bertz CT molecular complexity index is 884. The molecule has 0 fully saturated rings. The summed E-state index contributed by atoms with van der Waals surface area (Å²) in [6.07, 6.45) is 59.5. The molecule has 0 saturated carbocycles. The van der Waals surface area contributed by atoms with Gasteiger partial charge in [0, 0.05) is 6.42 Å². The first-order valence-corrected chi connectivity index (χ1v) is 21.2. The number of nitrogens with one attached hydrogen (secondary N) is 1. The third-order valence-corrected chi connectivity index (χ3v) is 9.18. The number of aliphatic hydroxyl groups excluding tert-OH is 2. The molecular formula is C46H81NO3. The fourth-order valence-corrected chi connectivity index (χ4v) is 5.98. The Morgan fingerprint density at radius 2 is 0.880 bits per heavy atom. The van der Waals surface area contributed by atoms with Crippen molar-refractivity contribution in [3.05, 3.63) is 72.9 Å². The van der Waals surface area contributed by atoms with Crippen molar-refractivity contribution in [1.29, 1.82) is 0 Å². The van der Waals surface area contributed by atoms with Gasteiger partial charge in [-0.15, -0.1) is 0 Å². The van der Waals surface area contributed by atoms with Crippen LogP contribution in [0.15, 0.2) is 72.9 Å². The lowest BCUT2D eigenvalue weighted by Gasteiger charge is -2.19. The molecule has 4 heteroatoms. The van der Waals surface area contributed by atoms with Crippen LogP contribution in [0.4, 0.5) is 0 Å². The van der Waals surface area contributed by atoms with Gasteiger partial charge in [0.05, 0.1) is 18.8 Å². The summed E-state index contributed by atoms with van der Waals surface area (Å²) < 4.78 is 0. The van der Waals surface area contributed by atoms with Crippen LogP contribution in [-0.2, 0) is 4.79 Å². The summed E-state index contributed by atoms with van der Waals surface area (Å²) in [6, 6.07) is -0.618. The molecule has 0 aromatic carbocycles. The summed E-state index contributed by atoms with van der Waals surface area (Å²) in [6.45, 7) is 3.99. The van der Waals surface area contributed by atoms with E-state index in [-0.39, 0.29) is 12.5 Å². The van der Waals surface area contributed by atoms with Gasteiger partial charge in [-0.1, -0.05) is 202 Å². The van der Waals surface area contributed by atoms with E-state index in [2.05, 4.69) is 79.9 Å². The van der Waals surface area contributed by atoms with Crippen LogP contribution in [0.2, 0.25) is 0 Å². The second kappa shape index (κ2) is 41.3. The second-order valence-electron chi connectivity index (χ2n) is 14.0. The maximum atomic E-state index is 12.2. The van der Waals surface area contributed by atoms with Gasteiger partial charge < -0.3 is 15.5 Å². The zero-order valence-electron chi connectivity index (χ0n) is 32.9. The van der Waals surface area contributed by atoms with Crippen molar-refractivity contribution in [1.82, 2.24) is 5.32 Å². The second-order valence-corrected chi connectivity index (χ2v) is 14.0. The molecule has 2 unspecified atom stereocenters. The van der Waals surface area contributed by atoms with Crippen LogP contribution < -0.4 is 5.32 Å². The molecule has 1 amide bonds. The Hall–Kier alpha value is -2.17. The van der Waals surface area contributed by atoms with Crippen molar-refractivity contribution in [2.24, 2.45) is 0 Å². The molecule has 0 aromatic heterocycles. The zero-order valence-corrected chi connectivity index (χ0v) is 32.9. The van der Waals surface area contributed by atoms with Crippen LogP contribution in [-0.4, -0.2) is 34.9 Å². The Balaban J connectivity index is 3.37. The molecule has 3 N–H and O–H groups in total. The monoisotopic (exact) mass is 696 g/mol. The zero-order chi connectivity index (χ0) is 36.4. The van der Waals surface area contributed by atoms with Gasteiger partial charge in [0.1, 0.15) is 0 Å². The summed E-state index contributed by atoms with van der Waals surface area (Å²) >= 11 is 0. The average molecular weight is 696 g/mol. The fraction of sp³-hybridized carbons (Fsp3) is 0.717. The van der Waals surface area contributed by atoms with Crippen molar-refractivity contribution in [3.63, 3.8) is 0 Å². The fourth-order valence-electron chi connectivity index (χ4n) is 5.98. The van der Waals surface area contributed by atoms with Crippen molar-refractivity contribution in [3.8, 4) is 0 Å². The first-order valence-electron chi connectivity index (χ1n) is 21.2. The van der Waals surface area contributed by atoms with Gasteiger partial charge in [-0.25, -0.2) is 0 Å². The molecule has 50 heavy (non-hydrogen) atoms. The smallest absolute Gasteiger partial charge is 0.220 e. The van der Waals surface area contributed by atoms with Gasteiger partial charge >= 0.3 is 0 Å². The molecule has 0 saturated heterocycles. The van der Waals surface area contributed by atoms with E-state index in [9.17, 15) is 15.0 Å². The average Bonchev–Trinajstić information content (AvgIpc) is 3.12.